The van der Waals surface area contributed by atoms with Gasteiger partial charge in [-0.05, 0) is 32.2 Å². The maximum Gasteiger partial charge on any atom is 0.0632 e. The number of allylic oxidation sites excluding steroid dienone is 1. The van der Waals surface area contributed by atoms with Crippen molar-refractivity contribution in [3.8, 4) is 0 Å². The number of anilines is 1. The first-order valence-corrected chi connectivity index (χ1v) is 6.18. The second kappa shape index (κ2) is 7.56. The molecule has 0 fully saturated rings. The third-order valence-corrected chi connectivity index (χ3v) is 2.86. The van der Waals surface area contributed by atoms with Crippen LogP contribution in [0.1, 0.15) is 13.8 Å². The summed E-state index contributed by atoms with van der Waals surface area (Å²) in [4.78, 5) is 2.16. The molecule has 3 nitrogen and oxygen atoms in total. The average molecular weight is 246 g/mol. The van der Waals surface area contributed by atoms with Crippen LogP contribution < -0.4 is 10.2 Å². The van der Waals surface area contributed by atoms with E-state index in [1.807, 2.05) is 50.3 Å². The van der Waals surface area contributed by atoms with E-state index in [4.69, 9.17) is 0 Å². The lowest BCUT2D eigenvalue weighted by atomic mass is 10.2. The van der Waals surface area contributed by atoms with Crippen LogP contribution in [0.4, 0.5) is 5.69 Å². The van der Waals surface area contributed by atoms with E-state index in [1.54, 1.807) is 6.20 Å². The second-order valence-corrected chi connectivity index (χ2v) is 4.16. The van der Waals surface area contributed by atoms with E-state index in [2.05, 4.69) is 16.8 Å². The zero-order chi connectivity index (χ0) is 13.4. The molecule has 0 heterocycles. The average Bonchev–Trinajstić information content (AvgIpc) is 2.43. The van der Waals surface area contributed by atoms with E-state index < -0.39 is 0 Å². The smallest absolute Gasteiger partial charge is 0.0632 e. The van der Waals surface area contributed by atoms with E-state index in [-0.39, 0.29) is 12.6 Å². The molecule has 0 unspecified atom stereocenters. The largest absolute Gasteiger partial charge is 0.394 e. The van der Waals surface area contributed by atoms with Crippen molar-refractivity contribution < 1.29 is 5.11 Å². The fraction of sp³-hybridized carbons (Fsp3) is 0.333. The number of benzene rings is 1. The van der Waals surface area contributed by atoms with E-state index in [9.17, 15) is 5.11 Å². The van der Waals surface area contributed by atoms with Crippen LogP contribution in [0.25, 0.3) is 0 Å². The van der Waals surface area contributed by atoms with Crippen molar-refractivity contribution in [2.24, 2.45) is 0 Å². The molecule has 1 atom stereocenters. The van der Waals surface area contributed by atoms with Crippen molar-refractivity contribution in [1.29, 1.82) is 0 Å². The van der Waals surface area contributed by atoms with Gasteiger partial charge in [0, 0.05) is 17.4 Å². The summed E-state index contributed by atoms with van der Waals surface area (Å²) in [5, 5.41) is 12.5. The Morgan fingerprint density at radius 3 is 2.61 bits per heavy atom. The van der Waals surface area contributed by atoms with Crippen LogP contribution in [-0.2, 0) is 0 Å². The highest BCUT2D eigenvalue weighted by atomic mass is 16.3. The Labute approximate surface area is 109 Å². The normalized spacial score (nSPS) is 12.9. The Kier molecular flexibility index (Phi) is 6.01. The van der Waals surface area contributed by atoms with Crippen LogP contribution in [0, 0.1) is 0 Å². The lowest BCUT2D eigenvalue weighted by Crippen LogP contribution is -2.38. The standard InChI is InChI=1S/C15H22N2O/c1-4-14(16-5-2)11-17(13(3)12-18)15-9-7-6-8-10-15/h4-10,13,16,18H,2,11-12H2,1,3H3/b14-4-/t13-/m0/s1. The first-order valence-electron chi connectivity index (χ1n) is 6.18. The van der Waals surface area contributed by atoms with E-state index >= 15 is 0 Å². The molecule has 1 aromatic rings. The number of hydrogen-bond acceptors (Lipinski definition) is 3. The van der Waals surface area contributed by atoms with Gasteiger partial charge in [-0.2, -0.15) is 0 Å². The van der Waals surface area contributed by atoms with E-state index in [0.717, 1.165) is 11.4 Å². The Balaban J connectivity index is 2.89. The number of nitrogens with zero attached hydrogens (tertiary/aromatic N) is 1. The number of aliphatic hydroxyl groups is 1. The molecule has 0 spiro atoms. The molecule has 0 radical (unpaired) electrons. The van der Waals surface area contributed by atoms with Crippen LogP contribution in [-0.4, -0.2) is 24.3 Å². The summed E-state index contributed by atoms with van der Waals surface area (Å²) in [6, 6.07) is 10.2. The van der Waals surface area contributed by atoms with Gasteiger partial charge in [0.2, 0.25) is 0 Å². The van der Waals surface area contributed by atoms with Crippen molar-refractivity contribution in [3.05, 3.63) is 54.9 Å². The predicted molar refractivity (Wildman–Crippen MR) is 77.4 cm³/mol. The van der Waals surface area contributed by atoms with Gasteiger partial charge in [0.15, 0.2) is 0 Å². The summed E-state index contributed by atoms with van der Waals surface area (Å²) in [7, 11) is 0. The third-order valence-electron chi connectivity index (χ3n) is 2.86. The molecule has 98 valence electrons. The lowest BCUT2D eigenvalue weighted by Gasteiger charge is -2.31. The zero-order valence-electron chi connectivity index (χ0n) is 11.1. The van der Waals surface area contributed by atoms with E-state index in [0.29, 0.717) is 6.54 Å². The van der Waals surface area contributed by atoms with Gasteiger partial charge in [-0.1, -0.05) is 30.9 Å². The minimum absolute atomic E-state index is 0.0639. The summed E-state index contributed by atoms with van der Waals surface area (Å²) < 4.78 is 0. The molecular weight excluding hydrogens is 224 g/mol. The molecule has 0 aromatic heterocycles. The van der Waals surface area contributed by atoms with E-state index in [1.165, 1.54) is 0 Å². The van der Waals surface area contributed by atoms with Crippen LogP contribution in [0.2, 0.25) is 0 Å². The Morgan fingerprint density at radius 2 is 2.11 bits per heavy atom. The van der Waals surface area contributed by atoms with Gasteiger partial charge in [-0.25, -0.2) is 0 Å². The van der Waals surface area contributed by atoms with Gasteiger partial charge >= 0.3 is 0 Å². The van der Waals surface area contributed by atoms with Crippen molar-refractivity contribution in [3.63, 3.8) is 0 Å². The van der Waals surface area contributed by atoms with Gasteiger partial charge in [0.05, 0.1) is 13.2 Å². The first-order chi connectivity index (χ1) is 8.72. The van der Waals surface area contributed by atoms with Crippen molar-refractivity contribution in [1.82, 2.24) is 5.32 Å². The number of hydrogen-bond donors (Lipinski definition) is 2. The number of rotatable bonds is 7. The van der Waals surface area contributed by atoms with Gasteiger partial charge in [0.1, 0.15) is 0 Å². The SMILES string of the molecule is C=CN/C(=C\C)CN(c1ccccc1)[C@@H](C)CO. The van der Waals surface area contributed by atoms with Crippen molar-refractivity contribution in [2.75, 3.05) is 18.1 Å². The van der Waals surface area contributed by atoms with Gasteiger partial charge in [-0.3, -0.25) is 0 Å². The van der Waals surface area contributed by atoms with Crippen LogP contribution in [0.15, 0.2) is 54.9 Å². The molecule has 2 N–H and O–H groups in total. The molecule has 3 heteroatoms. The Bertz CT molecular complexity index is 387. The quantitative estimate of drug-likeness (QED) is 0.776. The lowest BCUT2D eigenvalue weighted by molar-refractivity contribution is 0.268. The second-order valence-electron chi connectivity index (χ2n) is 4.16. The predicted octanol–water partition coefficient (Wildman–Crippen LogP) is 2.51. The molecule has 0 bridgehead atoms. The van der Waals surface area contributed by atoms with Crippen LogP contribution in [0.5, 0.6) is 0 Å². The third kappa shape index (κ3) is 3.93. The molecule has 0 aliphatic carbocycles. The van der Waals surface area contributed by atoms with Gasteiger partial charge in [-0.15, -0.1) is 0 Å². The maximum absolute atomic E-state index is 9.38. The topological polar surface area (TPSA) is 35.5 Å². The number of aliphatic hydroxyl groups excluding tert-OH is 1. The van der Waals surface area contributed by atoms with Crippen molar-refractivity contribution in [2.45, 2.75) is 19.9 Å². The van der Waals surface area contributed by atoms with Gasteiger partial charge in [0.25, 0.3) is 0 Å². The highest BCUT2D eigenvalue weighted by molar-refractivity contribution is 5.48. The molecule has 1 aromatic carbocycles. The van der Waals surface area contributed by atoms with Crippen molar-refractivity contribution >= 4 is 5.69 Å². The number of nitrogens with one attached hydrogen (secondary N) is 1. The fourth-order valence-electron chi connectivity index (χ4n) is 1.75. The van der Waals surface area contributed by atoms with Crippen LogP contribution in [0.3, 0.4) is 0 Å². The van der Waals surface area contributed by atoms with Gasteiger partial charge < -0.3 is 15.3 Å². The summed E-state index contributed by atoms with van der Waals surface area (Å²) in [6.45, 7) is 8.51. The minimum atomic E-state index is 0.0639. The highest BCUT2D eigenvalue weighted by Gasteiger charge is 2.14. The maximum atomic E-state index is 9.38. The summed E-state index contributed by atoms with van der Waals surface area (Å²) in [6.07, 6.45) is 3.68. The first kappa shape index (κ1) is 14.3. The molecule has 0 amide bonds. The van der Waals surface area contributed by atoms with Crippen LogP contribution >= 0.6 is 0 Å². The summed E-state index contributed by atoms with van der Waals surface area (Å²) >= 11 is 0. The Hall–Kier alpha value is -1.74. The number of para-hydroxylation sites is 1. The molecule has 0 saturated carbocycles. The summed E-state index contributed by atoms with van der Waals surface area (Å²) in [5.41, 5.74) is 2.17. The fourth-order valence-corrected chi connectivity index (χ4v) is 1.75. The minimum Gasteiger partial charge on any atom is -0.394 e. The highest BCUT2D eigenvalue weighted by Crippen LogP contribution is 2.17. The monoisotopic (exact) mass is 246 g/mol. The molecule has 0 aliphatic rings. The zero-order valence-corrected chi connectivity index (χ0v) is 11.1. The molecular formula is C15H22N2O. The molecule has 18 heavy (non-hydrogen) atoms. The molecule has 1 rings (SSSR count). The summed E-state index contributed by atoms with van der Waals surface area (Å²) in [5.74, 6) is 0. The Morgan fingerprint density at radius 1 is 1.44 bits per heavy atom. The molecule has 0 aliphatic heterocycles. The molecule has 0 saturated heterocycles.